The van der Waals surface area contributed by atoms with Crippen LogP contribution in [0.4, 0.5) is 13.2 Å². The monoisotopic (exact) mass is 428 g/mol. The zero-order valence-electron chi connectivity index (χ0n) is 15.3. The highest BCUT2D eigenvalue weighted by Gasteiger charge is 2.29. The lowest BCUT2D eigenvalue weighted by molar-refractivity contribution is -0.0328. The Morgan fingerprint density at radius 3 is 2.69 bits per heavy atom. The van der Waals surface area contributed by atoms with E-state index >= 15 is 0 Å². The van der Waals surface area contributed by atoms with Crippen LogP contribution in [0, 0.1) is 5.92 Å². The zero-order valence-corrected chi connectivity index (χ0v) is 16.1. The van der Waals surface area contributed by atoms with Gasteiger partial charge in [-0.3, -0.25) is 9.59 Å². The molecule has 3 rings (SSSR count). The standard InChI is InChI=1S/C19H19F3N2O4S/c20-19(21,22)29-14-3-1-2-13(8-14)9-16(25)17-10-15(24-28-17)18(26)23-11-12-4-6-27-7-5-12/h1-3,8,10,12H,4-7,9,11H2,(H,23,26). The first-order chi connectivity index (χ1) is 13.8. The van der Waals surface area contributed by atoms with Crippen LogP contribution in [0.15, 0.2) is 39.8 Å². The Morgan fingerprint density at radius 1 is 1.21 bits per heavy atom. The van der Waals surface area contributed by atoms with Crippen LogP contribution in [-0.4, -0.2) is 42.1 Å². The number of alkyl halides is 3. The summed E-state index contributed by atoms with van der Waals surface area (Å²) in [6.07, 6.45) is 1.58. The number of benzene rings is 1. The predicted octanol–water partition coefficient (Wildman–Crippen LogP) is 3.87. The molecule has 0 radical (unpaired) electrons. The van der Waals surface area contributed by atoms with E-state index in [2.05, 4.69) is 10.5 Å². The Labute approximate surface area is 169 Å². The fraction of sp³-hybridized carbons (Fsp3) is 0.421. The summed E-state index contributed by atoms with van der Waals surface area (Å²) in [6.45, 7) is 1.83. The number of hydrogen-bond donors (Lipinski definition) is 1. The van der Waals surface area contributed by atoms with E-state index in [-0.39, 0.29) is 34.5 Å². The van der Waals surface area contributed by atoms with Crippen LogP contribution in [0.25, 0.3) is 0 Å². The van der Waals surface area contributed by atoms with Crippen LogP contribution in [-0.2, 0) is 11.2 Å². The molecule has 29 heavy (non-hydrogen) atoms. The molecule has 0 bridgehead atoms. The number of halogens is 3. The minimum atomic E-state index is -4.40. The van der Waals surface area contributed by atoms with Crippen molar-refractivity contribution in [2.24, 2.45) is 5.92 Å². The van der Waals surface area contributed by atoms with Gasteiger partial charge < -0.3 is 14.6 Å². The van der Waals surface area contributed by atoms with Crippen molar-refractivity contribution >= 4 is 23.5 Å². The molecule has 0 atom stereocenters. The van der Waals surface area contributed by atoms with E-state index < -0.39 is 17.2 Å². The van der Waals surface area contributed by atoms with Gasteiger partial charge in [0.25, 0.3) is 5.91 Å². The summed E-state index contributed by atoms with van der Waals surface area (Å²) in [4.78, 5) is 24.5. The Hall–Kier alpha value is -2.33. The summed E-state index contributed by atoms with van der Waals surface area (Å²) in [5.41, 5.74) is -4.01. The van der Waals surface area contributed by atoms with E-state index in [0.29, 0.717) is 31.2 Å². The Morgan fingerprint density at radius 2 is 1.97 bits per heavy atom. The third-order valence-corrected chi connectivity index (χ3v) is 5.13. The summed E-state index contributed by atoms with van der Waals surface area (Å²) in [6, 6.07) is 6.87. The number of ketones is 1. The van der Waals surface area contributed by atoms with Crippen molar-refractivity contribution in [3.63, 3.8) is 0 Å². The molecular formula is C19H19F3N2O4S. The molecule has 6 nitrogen and oxygen atoms in total. The highest BCUT2D eigenvalue weighted by Crippen LogP contribution is 2.37. The van der Waals surface area contributed by atoms with Crippen molar-refractivity contribution in [2.45, 2.75) is 29.7 Å². The van der Waals surface area contributed by atoms with Gasteiger partial charge in [-0.2, -0.15) is 13.2 Å². The lowest BCUT2D eigenvalue weighted by atomic mass is 10.0. The normalized spacial score (nSPS) is 15.3. The van der Waals surface area contributed by atoms with E-state index in [1.165, 1.54) is 24.3 Å². The quantitative estimate of drug-likeness (QED) is 0.533. The number of thioether (sulfide) groups is 1. The van der Waals surface area contributed by atoms with E-state index in [1.54, 1.807) is 6.07 Å². The minimum Gasteiger partial charge on any atom is -0.381 e. The molecule has 0 unspecified atom stereocenters. The topological polar surface area (TPSA) is 81.4 Å². The predicted molar refractivity (Wildman–Crippen MR) is 98.8 cm³/mol. The maximum Gasteiger partial charge on any atom is 0.446 e. The largest absolute Gasteiger partial charge is 0.446 e. The number of Topliss-reactive ketones (excluding diaryl/α,β-unsaturated/α-hetero) is 1. The number of rotatable bonds is 7. The van der Waals surface area contributed by atoms with Crippen molar-refractivity contribution in [1.29, 1.82) is 0 Å². The molecule has 10 heteroatoms. The van der Waals surface area contributed by atoms with Gasteiger partial charge in [-0.15, -0.1) is 0 Å². The summed E-state index contributed by atoms with van der Waals surface area (Å²) in [5, 5.41) is 6.39. The number of ether oxygens (including phenoxy) is 1. The molecule has 1 fully saturated rings. The average molecular weight is 428 g/mol. The van der Waals surface area contributed by atoms with Gasteiger partial charge in [-0.25, -0.2) is 0 Å². The molecule has 156 valence electrons. The highest BCUT2D eigenvalue weighted by atomic mass is 32.2. The highest BCUT2D eigenvalue weighted by molar-refractivity contribution is 8.00. The molecule has 2 heterocycles. The van der Waals surface area contributed by atoms with Crippen LogP contribution in [0.3, 0.4) is 0 Å². The molecular weight excluding hydrogens is 409 g/mol. The first-order valence-electron chi connectivity index (χ1n) is 9.01. The maximum atomic E-state index is 12.5. The van der Waals surface area contributed by atoms with Crippen LogP contribution < -0.4 is 5.32 Å². The average Bonchev–Trinajstić information content (AvgIpc) is 3.16. The molecule has 0 spiro atoms. The second-order valence-electron chi connectivity index (χ2n) is 6.64. The van der Waals surface area contributed by atoms with E-state index in [0.717, 1.165) is 12.8 Å². The van der Waals surface area contributed by atoms with Gasteiger partial charge in [0.05, 0.1) is 0 Å². The number of nitrogens with zero attached hydrogens (tertiary/aromatic N) is 1. The van der Waals surface area contributed by atoms with Gasteiger partial charge in [0, 0.05) is 37.1 Å². The van der Waals surface area contributed by atoms with Gasteiger partial charge in [0.1, 0.15) is 0 Å². The summed E-state index contributed by atoms with van der Waals surface area (Å²) < 4.78 is 47.7. The van der Waals surface area contributed by atoms with Gasteiger partial charge >= 0.3 is 5.51 Å². The summed E-state index contributed by atoms with van der Waals surface area (Å²) >= 11 is -0.245. The number of carbonyl (C=O) groups excluding carboxylic acids is 2. The van der Waals surface area contributed by atoms with Crippen LogP contribution in [0.5, 0.6) is 0 Å². The second-order valence-corrected chi connectivity index (χ2v) is 7.78. The summed E-state index contributed by atoms with van der Waals surface area (Å²) in [5.74, 6) is -0.698. The van der Waals surface area contributed by atoms with Gasteiger partial charge in [-0.05, 0) is 48.2 Å². The van der Waals surface area contributed by atoms with Gasteiger partial charge in [0.2, 0.25) is 11.5 Å². The third kappa shape index (κ3) is 6.60. The fourth-order valence-corrected chi connectivity index (χ4v) is 3.54. The number of carbonyl (C=O) groups is 2. The van der Waals surface area contributed by atoms with Crippen molar-refractivity contribution in [1.82, 2.24) is 10.5 Å². The van der Waals surface area contributed by atoms with E-state index in [4.69, 9.17) is 9.26 Å². The number of aromatic nitrogens is 1. The number of hydrogen-bond acceptors (Lipinski definition) is 6. The molecule has 1 aromatic carbocycles. The zero-order chi connectivity index (χ0) is 20.9. The summed E-state index contributed by atoms with van der Waals surface area (Å²) in [7, 11) is 0. The molecule has 1 aromatic heterocycles. The first kappa shape index (κ1) is 21.4. The molecule has 1 aliphatic heterocycles. The SMILES string of the molecule is O=C(NCC1CCOCC1)c1cc(C(=O)Cc2cccc(SC(F)(F)F)c2)on1. The van der Waals surface area contributed by atoms with Crippen LogP contribution >= 0.6 is 11.8 Å². The Kier molecular flexibility index (Phi) is 6.96. The Bertz CT molecular complexity index is 863. The van der Waals surface area contributed by atoms with Crippen LogP contribution in [0.1, 0.15) is 39.4 Å². The van der Waals surface area contributed by atoms with Crippen molar-refractivity contribution in [2.75, 3.05) is 19.8 Å². The first-order valence-corrected chi connectivity index (χ1v) is 9.82. The fourth-order valence-electron chi connectivity index (χ4n) is 2.92. The molecule has 1 N–H and O–H groups in total. The molecule has 0 saturated carbocycles. The van der Waals surface area contributed by atoms with Crippen molar-refractivity contribution < 1.29 is 32.0 Å². The van der Waals surface area contributed by atoms with Crippen molar-refractivity contribution in [3.8, 4) is 0 Å². The second kappa shape index (κ2) is 9.45. The lowest BCUT2D eigenvalue weighted by Crippen LogP contribution is -2.32. The minimum absolute atomic E-state index is 0.00597. The molecule has 1 amide bonds. The Balaban J connectivity index is 1.56. The molecule has 0 aliphatic carbocycles. The van der Waals surface area contributed by atoms with Gasteiger partial charge in [-0.1, -0.05) is 17.3 Å². The van der Waals surface area contributed by atoms with Crippen molar-refractivity contribution in [3.05, 3.63) is 47.3 Å². The van der Waals surface area contributed by atoms with E-state index in [1.807, 2.05) is 0 Å². The number of nitrogens with one attached hydrogen (secondary N) is 1. The van der Waals surface area contributed by atoms with Gasteiger partial charge in [0.15, 0.2) is 5.69 Å². The maximum absolute atomic E-state index is 12.5. The number of amides is 1. The van der Waals surface area contributed by atoms with E-state index in [9.17, 15) is 22.8 Å². The van der Waals surface area contributed by atoms with Crippen LogP contribution in [0.2, 0.25) is 0 Å². The third-order valence-electron chi connectivity index (χ3n) is 4.41. The molecule has 2 aromatic rings. The molecule has 1 saturated heterocycles. The lowest BCUT2D eigenvalue weighted by Gasteiger charge is -2.21. The smallest absolute Gasteiger partial charge is 0.381 e. The molecule has 1 aliphatic rings.